The third-order valence-electron chi connectivity index (χ3n) is 8.92. The van der Waals surface area contributed by atoms with Crippen LogP contribution in [-0.2, 0) is 26.2 Å². The first-order valence-electron chi connectivity index (χ1n) is 14.7. The van der Waals surface area contributed by atoms with Crippen molar-refractivity contribution in [2.45, 2.75) is 31.1 Å². The van der Waals surface area contributed by atoms with Crippen molar-refractivity contribution < 1.29 is 19.1 Å². The molecule has 7 heteroatoms. The number of anilines is 1. The fourth-order valence-electron chi connectivity index (χ4n) is 7.24. The number of imide groups is 1. The molecule has 4 aliphatic rings. The summed E-state index contributed by atoms with van der Waals surface area (Å²) in [5.74, 6) is -1.67. The van der Waals surface area contributed by atoms with Crippen molar-refractivity contribution in [2.75, 3.05) is 11.5 Å². The summed E-state index contributed by atoms with van der Waals surface area (Å²) in [6.45, 7) is 2.63. The smallest absolute Gasteiger partial charge is 0.244 e. The van der Waals surface area contributed by atoms with E-state index in [9.17, 15) is 14.4 Å². The summed E-state index contributed by atoms with van der Waals surface area (Å²) in [4.78, 5) is 43.0. The molecule has 43 heavy (non-hydrogen) atoms. The molecule has 2 atom stereocenters. The fraction of sp³-hybridized carbons (Fsp3) is 0.222. The molecule has 214 valence electrons. The molecule has 1 heterocycles. The monoisotopic (exact) mass is 569 g/mol. The van der Waals surface area contributed by atoms with Gasteiger partial charge in [-0.1, -0.05) is 85.8 Å². The van der Waals surface area contributed by atoms with Crippen LogP contribution in [0.25, 0.3) is 0 Å². The van der Waals surface area contributed by atoms with Gasteiger partial charge in [-0.05, 0) is 58.5 Å². The first kappa shape index (κ1) is 26.8. The Hall–Kier alpha value is -5.04. The predicted octanol–water partition coefficient (Wildman–Crippen LogP) is 5.37. The molecule has 4 aromatic rings. The Morgan fingerprint density at radius 2 is 1.49 bits per heavy atom. The molecule has 7 nitrogen and oxygen atoms in total. The van der Waals surface area contributed by atoms with E-state index < -0.39 is 17.3 Å². The van der Waals surface area contributed by atoms with Crippen molar-refractivity contribution in [3.8, 4) is 5.75 Å². The minimum atomic E-state index is -1.04. The molecule has 0 aromatic heterocycles. The lowest BCUT2D eigenvalue weighted by Gasteiger charge is -2.52. The Bertz CT molecular complexity index is 1700. The Kier molecular flexibility index (Phi) is 6.65. The first-order valence-corrected chi connectivity index (χ1v) is 14.7. The molecule has 1 saturated heterocycles. The van der Waals surface area contributed by atoms with Crippen LogP contribution in [0.5, 0.6) is 5.75 Å². The highest BCUT2D eigenvalue weighted by Crippen LogP contribution is 2.63. The second kappa shape index (κ2) is 10.7. The van der Waals surface area contributed by atoms with Crippen LogP contribution in [0, 0.1) is 11.8 Å². The summed E-state index contributed by atoms with van der Waals surface area (Å²) in [5, 5.41) is 4.49. The molecular formula is C36H31N3O4. The zero-order valence-corrected chi connectivity index (χ0v) is 23.8. The Morgan fingerprint density at radius 1 is 0.860 bits per heavy atom. The molecule has 0 spiro atoms. The molecule has 1 aliphatic heterocycles. The number of hydrogen-bond acceptors (Lipinski definition) is 5. The van der Waals surface area contributed by atoms with Crippen molar-refractivity contribution in [3.63, 3.8) is 0 Å². The van der Waals surface area contributed by atoms with E-state index >= 15 is 0 Å². The van der Waals surface area contributed by atoms with Crippen LogP contribution in [0.3, 0.4) is 0 Å². The lowest BCUT2D eigenvalue weighted by molar-refractivity contribution is -0.123. The van der Waals surface area contributed by atoms with Crippen LogP contribution in [-0.4, -0.2) is 30.5 Å². The molecule has 3 aliphatic carbocycles. The van der Waals surface area contributed by atoms with E-state index in [-0.39, 0.29) is 30.1 Å². The quantitative estimate of drug-likeness (QED) is 0.176. The van der Waals surface area contributed by atoms with Crippen LogP contribution < -0.4 is 15.1 Å². The minimum Gasteiger partial charge on any atom is -0.494 e. The molecule has 3 amide bonds. The summed E-state index contributed by atoms with van der Waals surface area (Å²) in [5.41, 5.74) is 6.94. The Morgan fingerprint density at radius 3 is 2.14 bits per heavy atom. The molecular weight excluding hydrogens is 538 g/mol. The average molecular weight is 570 g/mol. The van der Waals surface area contributed by atoms with E-state index in [1.54, 1.807) is 30.5 Å². The third kappa shape index (κ3) is 4.18. The molecule has 0 unspecified atom stereocenters. The first-order chi connectivity index (χ1) is 21.0. The number of nitrogens with one attached hydrogen (secondary N) is 1. The van der Waals surface area contributed by atoms with E-state index in [1.807, 2.05) is 85.8 Å². The fourth-order valence-corrected chi connectivity index (χ4v) is 7.24. The van der Waals surface area contributed by atoms with Gasteiger partial charge in [0.15, 0.2) is 0 Å². The van der Waals surface area contributed by atoms with Gasteiger partial charge in [0.1, 0.15) is 5.75 Å². The maximum Gasteiger partial charge on any atom is 0.244 e. The van der Waals surface area contributed by atoms with Gasteiger partial charge in [-0.2, -0.15) is 5.10 Å². The van der Waals surface area contributed by atoms with E-state index in [4.69, 9.17) is 4.74 Å². The van der Waals surface area contributed by atoms with E-state index in [0.717, 1.165) is 34.2 Å². The largest absolute Gasteiger partial charge is 0.494 e. The highest BCUT2D eigenvalue weighted by molar-refractivity contribution is 6.25. The van der Waals surface area contributed by atoms with Gasteiger partial charge in [-0.3, -0.25) is 14.4 Å². The van der Waals surface area contributed by atoms with Gasteiger partial charge in [0, 0.05) is 12.1 Å². The molecule has 4 aromatic carbocycles. The van der Waals surface area contributed by atoms with E-state index in [0.29, 0.717) is 18.0 Å². The summed E-state index contributed by atoms with van der Waals surface area (Å²) < 4.78 is 5.73. The van der Waals surface area contributed by atoms with Gasteiger partial charge < -0.3 is 4.74 Å². The minimum absolute atomic E-state index is 0.176. The van der Waals surface area contributed by atoms with Gasteiger partial charge in [0.2, 0.25) is 17.7 Å². The van der Waals surface area contributed by atoms with Crippen LogP contribution >= 0.6 is 0 Å². The average Bonchev–Trinajstić information content (AvgIpc) is 3.31. The maximum atomic E-state index is 14.5. The number of carbonyl (C=O) groups is 3. The highest BCUT2D eigenvalue weighted by atomic mass is 16.5. The third-order valence-corrected chi connectivity index (χ3v) is 8.92. The number of carbonyl (C=O) groups excluding carboxylic acids is 3. The predicted molar refractivity (Wildman–Crippen MR) is 164 cm³/mol. The molecule has 0 saturated carbocycles. The van der Waals surface area contributed by atoms with Crippen LogP contribution in [0.15, 0.2) is 108 Å². The van der Waals surface area contributed by atoms with Gasteiger partial charge >= 0.3 is 0 Å². The highest BCUT2D eigenvalue weighted by Gasteiger charge is 2.68. The zero-order chi connectivity index (χ0) is 29.6. The van der Waals surface area contributed by atoms with Gasteiger partial charge in [-0.25, -0.2) is 10.3 Å². The number of hydrogen-bond donors (Lipinski definition) is 1. The number of ether oxygens (including phenoxy) is 1. The van der Waals surface area contributed by atoms with Crippen molar-refractivity contribution in [1.29, 1.82) is 0 Å². The topological polar surface area (TPSA) is 88.1 Å². The number of nitrogens with zero attached hydrogens (tertiary/aromatic N) is 2. The summed E-state index contributed by atoms with van der Waals surface area (Å²) in [7, 11) is 0. The maximum absolute atomic E-state index is 14.5. The lowest BCUT2D eigenvalue weighted by Crippen LogP contribution is -2.54. The van der Waals surface area contributed by atoms with Crippen LogP contribution in [0.1, 0.15) is 47.1 Å². The van der Waals surface area contributed by atoms with Gasteiger partial charge in [0.25, 0.3) is 0 Å². The SMILES string of the molecule is CCCOc1ccc(N2C(=O)[C@H]3C4c5ccccc5C(/C=N\NC(=O)Cc5ccccc5)(c5ccccc54)[C@H]3C2=O)cc1. The lowest BCUT2D eigenvalue weighted by atomic mass is 9.47. The van der Waals surface area contributed by atoms with Crippen LogP contribution in [0.4, 0.5) is 5.69 Å². The van der Waals surface area contributed by atoms with Gasteiger partial charge in [-0.15, -0.1) is 0 Å². The second-order valence-electron chi connectivity index (χ2n) is 11.3. The second-order valence-corrected chi connectivity index (χ2v) is 11.3. The van der Waals surface area contributed by atoms with Gasteiger partial charge in [0.05, 0.1) is 36.0 Å². The number of rotatable bonds is 8. The van der Waals surface area contributed by atoms with Crippen molar-refractivity contribution in [1.82, 2.24) is 5.43 Å². The van der Waals surface area contributed by atoms with Crippen molar-refractivity contribution in [2.24, 2.45) is 16.9 Å². The molecule has 1 fully saturated rings. The summed E-state index contributed by atoms with van der Waals surface area (Å²) in [6.07, 6.45) is 2.75. The Balaban J connectivity index is 1.31. The van der Waals surface area contributed by atoms with E-state index in [1.165, 1.54) is 4.90 Å². The van der Waals surface area contributed by atoms with Crippen molar-refractivity contribution >= 4 is 29.6 Å². The molecule has 0 radical (unpaired) electrons. The number of amides is 3. The summed E-state index contributed by atoms with van der Waals surface area (Å²) in [6, 6.07) is 32.6. The van der Waals surface area contributed by atoms with Crippen LogP contribution in [0.2, 0.25) is 0 Å². The van der Waals surface area contributed by atoms with Crippen molar-refractivity contribution in [3.05, 3.63) is 131 Å². The zero-order valence-electron chi connectivity index (χ0n) is 23.8. The summed E-state index contributed by atoms with van der Waals surface area (Å²) >= 11 is 0. The standard InChI is InChI=1S/C36H31N3O4/c1-2-20-43-25-18-16-24(17-19-25)39-34(41)32-31-26-12-6-8-14-28(26)36(33(32)35(39)42,29-15-9-7-13-27(29)31)22-37-38-30(40)21-23-10-4-3-5-11-23/h3-19,22,31-33H,2,20-21H2,1H3,(H,38,40)/b37-22-/t31?,32-,33+,36?/m0/s1. The molecule has 2 bridgehead atoms. The molecule has 1 N–H and O–H groups in total. The number of benzene rings is 4. The Labute approximate surface area is 250 Å². The molecule has 8 rings (SSSR count). The number of hydrazone groups is 1. The van der Waals surface area contributed by atoms with E-state index in [2.05, 4.69) is 10.5 Å². The normalized spacial score (nSPS) is 23.2.